The zero-order valence-corrected chi connectivity index (χ0v) is 11.3. The van der Waals surface area contributed by atoms with Gasteiger partial charge in [0, 0.05) is 11.4 Å². The molecule has 21 heavy (non-hydrogen) atoms. The number of methoxy groups -OCH3 is 1. The highest BCUT2D eigenvalue weighted by Gasteiger charge is 2.05. The Morgan fingerprint density at radius 2 is 1.33 bits per heavy atom. The molecule has 0 spiro atoms. The van der Waals surface area contributed by atoms with E-state index >= 15 is 0 Å². The Hall–Kier alpha value is -3.02. The van der Waals surface area contributed by atoms with Crippen molar-refractivity contribution in [2.75, 3.05) is 17.7 Å². The van der Waals surface area contributed by atoms with E-state index in [4.69, 9.17) is 4.74 Å². The number of para-hydroxylation sites is 1. The third kappa shape index (κ3) is 4.54. The van der Waals surface area contributed by atoms with Crippen molar-refractivity contribution >= 4 is 23.6 Å². The lowest BCUT2D eigenvalue weighted by Gasteiger charge is -2.08. The maximum absolute atomic E-state index is 11.7. The molecule has 2 amide bonds. The highest BCUT2D eigenvalue weighted by molar-refractivity contribution is 5.88. The molecule has 108 valence electrons. The number of amides is 2. The zero-order chi connectivity index (χ0) is 15.1. The predicted octanol–water partition coefficient (Wildman–Crippen LogP) is 3.48. The quantitative estimate of drug-likeness (QED) is 0.905. The van der Waals surface area contributed by atoms with Gasteiger partial charge >= 0.3 is 12.2 Å². The number of rotatable bonds is 3. The average Bonchev–Trinajstić information content (AvgIpc) is 2.50. The molecule has 0 saturated carbocycles. The van der Waals surface area contributed by atoms with Crippen LogP contribution in [-0.2, 0) is 4.74 Å². The van der Waals surface area contributed by atoms with Crippen molar-refractivity contribution in [3.63, 3.8) is 0 Å². The van der Waals surface area contributed by atoms with E-state index in [1.165, 1.54) is 7.11 Å². The molecule has 2 N–H and O–H groups in total. The first-order chi connectivity index (χ1) is 10.2. The highest BCUT2D eigenvalue weighted by atomic mass is 16.6. The number of nitrogens with one attached hydrogen (secondary N) is 2. The fraction of sp³-hybridized carbons (Fsp3) is 0.0667. The van der Waals surface area contributed by atoms with E-state index in [1.807, 2.05) is 6.07 Å². The summed E-state index contributed by atoms with van der Waals surface area (Å²) in [5.41, 5.74) is 1.11. The van der Waals surface area contributed by atoms with Gasteiger partial charge in [-0.05, 0) is 36.4 Å². The molecule has 2 aromatic rings. The maximum Gasteiger partial charge on any atom is 0.417 e. The van der Waals surface area contributed by atoms with Gasteiger partial charge in [-0.2, -0.15) is 0 Å². The number of carbonyl (C=O) groups excluding carboxylic acids is 2. The number of carbonyl (C=O) groups is 2. The molecule has 0 aliphatic heterocycles. The normalized spacial score (nSPS) is 9.57. The Balaban J connectivity index is 1.91. The first-order valence-electron chi connectivity index (χ1n) is 6.16. The molecule has 6 nitrogen and oxygen atoms in total. The lowest BCUT2D eigenvalue weighted by molar-refractivity contribution is 0.187. The van der Waals surface area contributed by atoms with Crippen LogP contribution in [0.3, 0.4) is 0 Å². The second kappa shape index (κ2) is 6.95. The van der Waals surface area contributed by atoms with Gasteiger partial charge in [0.15, 0.2) is 0 Å². The summed E-state index contributed by atoms with van der Waals surface area (Å²) in [4.78, 5) is 22.7. The molecule has 0 fully saturated rings. The molecule has 2 rings (SSSR count). The number of anilines is 2. The Morgan fingerprint density at radius 3 is 1.86 bits per heavy atom. The SMILES string of the molecule is COC(=O)Nc1ccc(NC(=O)Oc2ccccc2)cc1. The minimum absolute atomic E-state index is 0.457. The molecule has 0 unspecified atom stereocenters. The Labute approximate surface area is 121 Å². The Kier molecular flexibility index (Phi) is 4.76. The fourth-order valence-electron chi connectivity index (χ4n) is 1.54. The van der Waals surface area contributed by atoms with Gasteiger partial charge in [0.05, 0.1) is 7.11 Å². The van der Waals surface area contributed by atoms with Gasteiger partial charge in [0.1, 0.15) is 5.75 Å². The molecule has 0 radical (unpaired) electrons. The minimum atomic E-state index is -0.588. The molecule has 0 atom stereocenters. The number of hydrogen-bond acceptors (Lipinski definition) is 4. The molecule has 0 bridgehead atoms. The van der Waals surface area contributed by atoms with Crippen LogP contribution >= 0.6 is 0 Å². The van der Waals surface area contributed by atoms with Gasteiger partial charge in [0.25, 0.3) is 0 Å². The first-order valence-corrected chi connectivity index (χ1v) is 6.16. The summed E-state index contributed by atoms with van der Waals surface area (Å²) in [5.74, 6) is 0.457. The second-order valence-electron chi connectivity index (χ2n) is 4.02. The van der Waals surface area contributed by atoms with E-state index in [-0.39, 0.29) is 0 Å². The monoisotopic (exact) mass is 286 g/mol. The third-order valence-electron chi connectivity index (χ3n) is 2.52. The van der Waals surface area contributed by atoms with E-state index in [2.05, 4.69) is 15.4 Å². The molecular weight excluding hydrogens is 272 g/mol. The van der Waals surface area contributed by atoms with Gasteiger partial charge in [-0.25, -0.2) is 9.59 Å². The average molecular weight is 286 g/mol. The van der Waals surface area contributed by atoms with Gasteiger partial charge in [-0.3, -0.25) is 10.6 Å². The summed E-state index contributed by atoms with van der Waals surface area (Å²) in [7, 11) is 1.28. The summed E-state index contributed by atoms with van der Waals surface area (Å²) >= 11 is 0. The van der Waals surface area contributed by atoms with Crippen LogP contribution < -0.4 is 15.4 Å². The topological polar surface area (TPSA) is 76.7 Å². The van der Waals surface area contributed by atoms with Crippen LogP contribution in [0.5, 0.6) is 5.75 Å². The van der Waals surface area contributed by atoms with Gasteiger partial charge < -0.3 is 9.47 Å². The van der Waals surface area contributed by atoms with Crippen LogP contribution in [0.1, 0.15) is 0 Å². The second-order valence-corrected chi connectivity index (χ2v) is 4.02. The van der Waals surface area contributed by atoms with Crippen molar-refractivity contribution < 1.29 is 19.1 Å². The molecule has 0 heterocycles. The molecular formula is C15H14N2O4. The standard InChI is InChI=1S/C15H14N2O4/c1-20-14(18)16-11-7-9-12(10-8-11)17-15(19)21-13-5-3-2-4-6-13/h2-10H,1H3,(H,16,18)(H,17,19). The van der Waals surface area contributed by atoms with E-state index in [9.17, 15) is 9.59 Å². The van der Waals surface area contributed by atoms with Gasteiger partial charge in [-0.15, -0.1) is 0 Å². The highest BCUT2D eigenvalue weighted by Crippen LogP contribution is 2.15. The van der Waals surface area contributed by atoms with Crippen molar-refractivity contribution in [1.82, 2.24) is 0 Å². The molecule has 2 aromatic carbocycles. The number of ether oxygens (including phenoxy) is 2. The largest absolute Gasteiger partial charge is 0.453 e. The summed E-state index contributed by atoms with van der Waals surface area (Å²) in [6.07, 6.45) is -1.14. The van der Waals surface area contributed by atoms with Crippen molar-refractivity contribution in [2.45, 2.75) is 0 Å². The van der Waals surface area contributed by atoms with E-state index in [0.29, 0.717) is 17.1 Å². The molecule has 6 heteroatoms. The lowest BCUT2D eigenvalue weighted by Crippen LogP contribution is -2.16. The van der Waals surface area contributed by atoms with Crippen LogP contribution in [0.2, 0.25) is 0 Å². The van der Waals surface area contributed by atoms with Crippen LogP contribution in [0.15, 0.2) is 54.6 Å². The van der Waals surface area contributed by atoms with E-state index in [1.54, 1.807) is 48.5 Å². The summed E-state index contributed by atoms with van der Waals surface area (Å²) in [6.45, 7) is 0. The molecule has 0 aliphatic carbocycles. The molecule has 0 aliphatic rings. The summed E-state index contributed by atoms with van der Waals surface area (Å²) in [6, 6.07) is 15.3. The van der Waals surface area contributed by atoms with E-state index < -0.39 is 12.2 Å². The lowest BCUT2D eigenvalue weighted by atomic mass is 10.3. The van der Waals surface area contributed by atoms with E-state index in [0.717, 1.165) is 0 Å². The fourth-order valence-corrected chi connectivity index (χ4v) is 1.54. The van der Waals surface area contributed by atoms with Gasteiger partial charge in [0.2, 0.25) is 0 Å². The minimum Gasteiger partial charge on any atom is -0.453 e. The van der Waals surface area contributed by atoms with Crippen molar-refractivity contribution in [3.05, 3.63) is 54.6 Å². The summed E-state index contributed by atoms with van der Waals surface area (Å²) in [5, 5.41) is 5.09. The Morgan fingerprint density at radius 1 is 0.810 bits per heavy atom. The van der Waals surface area contributed by atoms with Crippen molar-refractivity contribution in [1.29, 1.82) is 0 Å². The molecule has 0 aromatic heterocycles. The zero-order valence-electron chi connectivity index (χ0n) is 11.3. The van der Waals surface area contributed by atoms with Crippen LogP contribution in [0, 0.1) is 0 Å². The van der Waals surface area contributed by atoms with Crippen LogP contribution in [0.25, 0.3) is 0 Å². The smallest absolute Gasteiger partial charge is 0.417 e. The number of benzene rings is 2. The van der Waals surface area contributed by atoms with Crippen molar-refractivity contribution in [3.8, 4) is 5.75 Å². The van der Waals surface area contributed by atoms with Gasteiger partial charge in [-0.1, -0.05) is 18.2 Å². The van der Waals surface area contributed by atoms with Crippen molar-refractivity contribution in [2.24, 2.45) is 0 Å². The Bertz CT molecular complexity index is 611. The number of hydrogen-bond donors (Lipinski definition) is 2. The predicted molar refractivity (Wildman–Crippen MR) is 78.6 cm³/mol. The van der Waals surface area contributed by atoms with Crippen LogP contribution in [0.4, 0.5) is 21.0 Å². The first kappa shape index (κ1) is 14.4. The molecule has 0 saturated heterocycles. The van der Waals surface area contributed by atoms with Crippen LogP contribution in [-0.4, -0.2) is 19.3 Å². The summed E-state index contributed by atoms with van der Waals surface area (Å²) < 4.78 is 9.57. The third-order valence-corrected chi connectivity index (χ3v) is 2.52. The maximum atomic E-state index is 11.7.